The van der Waals surface area contributed by atoms with Crippen molar-refractivity contribution in [3.05, 3.63) is 64.2 Å². The minimum atomic E-state index is -0.487. The van der Waals surface area contributed by atoms with E-state index < -0.39 is 11.4 Å². The Balaban J connectivity index is 2.19. The molecule has 3 aromatic rings. The summed E-state index contributed by atoms with van der Waals surface area (Å²) in [5.41, 5.74) is 1.91. The van der Waals surface area contributed by atoms with Gasteiger partial charge in [-0.15, -0.1) is 0 Å². The van der Waals surface area contributed by atoms with Crippen LogP contribution in [0.2, 0.25) is 0 Å². The van der Waals surface area contributed by atoms with Gasteiger partial charge in [-0.2, -0.15) is 0 Å². The van der Waals surface area contributed by atoms with Crippen molar-refractivity contribution in [1.29, 1.82) is 0 Å². The topological polar surface area (TPSA) is 60.9 Å². The van der Waals surface area contributed by atoms with Crippen LogP contribution in [0.25, 0.3) is 22.3 Å². The highest BCUT2D eigenvalue weighted by Gasteiger charge is 2.15. The number of halogens is 1. The maximum absolute atomic E-state index is 13.3. The van der Waals surface area contributed by atoms with E-state index in [-0.39, 0.29) is 10.8 Å². The van der Waals surface area contributed by atoms with Crippen LogP contribution in [0.3, 0.4) is 0 Å². The molecule has 0 bridgehead atoms. The predicted molar refractivity (Wildman–Crippen MR) is 90.2 cm³/mol. The number of aromatic nitrogens is 2. The molecule has 0 amide bonds. The van der Waals surface area contributed by atoms with Gasteiger partial charge in [0.15, 0.2) is 5.82 Å². The van der Waals surface area contributed by atoms with E-state index in [0.717, 1.165) is 16.3 Å². The van der Waals surface area contributed by atoms with E-state index in [4.69, 9.17) is 5.84 Å². The van der Waals surface area contributed by atoms with E-state index in [1.165, 1.54) is 17.7 Å². The highest BCUT2D eigenvalue weighted by atomic mass is 19.1. The fourth-order valence-corrected chi connectivity index (χ4v) is 2.49. The van der Waals surface area contributed by atoms with Crippen LogP contribution in [-0.2, 0) is 5.41 Å². The molecule has 0 atom stereocenters. The minimum Gasteiger partial charge on any atom is -0.334 e. The van der Waals surface area contributed by atoms with E-state index in [1.807, 2.05) is 24.3 Å². The van der Waals surface area contributed by atoms with E-state index in [0.29, 0.717) is 11.3 Å². The smallest absolute Gasteiger partial charge is 0.280 e. The summed E-state index contributed by atoms with van der Waals surface area (Å²) in [7, 11) is 0. The van der Waals surface area contributed by atoms with Gasteiger partial charge in [0.05, 0.1) is 10.9 Å². The summed E-state index contributed by atoms with van der Waals surface area (Å²) in [6, 6.07) is 11.7. The normalized spacial score (nSPS) is 11.8. The number of nitrogen functional groups attached to an aromatic ring is 1. The van der Waals surface area contributed by atoms with Crippen molar-refractivity contribution in [2.75, 3.05) is 5.84 Å². The monoisotopic (exact) mass is 311 g/mol. The van der Waals surface area contributed by atoms with E-state index in [9.17, 15) is 9.18 Å². The summed E-state index contributed by atoms with van der Waals surface area (Å²) in [4.78, 5) is 16.7. The first kappa shape index (κ1) is 15.2. The minimum absolute atomic E-state index is 0.0370. The highest BCUT2D eigenvalue weighted by molar-refractivity contribution is 5.79. The van der Waals surface area contributed by atoms with Gasteiger partial charge < -0.3 is 5.84 Å². The molecule has 2 N–H and O–H groups in total. The number of fused-ring (bicyclic) bond motifs is 1. The molecule has 0 aliphatic rings. The first-order chi connectivity index (χ1) is 10.8. The maximum atomic E-state index is 13.3. The Labute approximate surface area is 133 Å². The maximum Gasteiger partial charge on any atom is 0.280 e. The summed E-state index contributed by atoms with van der Waals surface area (Å²) < 4.78 is 14.3. The van der Waals surface area contributed by atoms with Gasteiger partial charge in [0.25, 0.3) is 5.56 Å². The number of nitrogens with two attached hydrogens (primary N) is 1. The van der Waals surface area contributed by atoms with Crippen molar-refractivity contribution in [2.45, 2.75) is 26.2 Å². The first-order valence-electron chi connectivity index (χ1n) is 7.36. The highest BCUT2D eigenvalue weighted by Crippen LogP contribution is 2.25. The number of nitrogens with zero attached hydrogens (tertiary/aromatic N) is 2. The second kappa shape index (κ2) is 5.19. The molecule has 3 rings (SSSR count). The molecule has 0 fully saturated rings. The molecule has 0 aliphatic heterocycles. The molecule has 23 heavy (non-hydrogen) atoms. The van der Waals surface area contributed by atoms with Crippen molar-refractivity contribution in [1.82, 2.24) is 9.66 Å². The summed E-state index contributed by atoms with van der Waals surface area (Å²) >= 11 is 0. The van der Waals surface area contributed by atoms with Gasteiger partial charge >= 0.3 is 0 Å². The average Bonchev–Trinajstić information content (AvgIpc) is 2.51. The fourth-order valence-electron chi connectivity index (χ4n) is 2.49. The first-order valence-corrected chi connectivity index (χ1v) is 7.36. The van der Waals surface area contributed by atoms with Gasteiger partial charge in [-0.05, 0) is 29.2 Å². The van der Waals surface area contributed by atoms with Gasteiger partial charge in [0.2, 0.25) is 0 Å². The third kappa shape index (κ3) is 2.70. The molecule has 0 saturated carbocycles. The Morgan fingerprint density at radius 1 is 1.09 bits per heavy atom. The second-order valence-electron chi connectivity index (χ2n) is 6.60. The van der Waals surface area contributed by atoms with Crippen LogP contribution in [0, 0.1) is 5.82 Å². The lowest BCUT2D eigenvalue weighted by Crippen LogP contribution is -2.30. The Hall–Kier alpha value is -2.69. The van der Waals surface area contributed by atoms with Crippen molar-refractivity contribution < 1.29 is 4.39 Å². The second-order valence-corrected chi connectivity index (χ2v) is 6.60. The lowest BCUT2D eigenvalue weighted by atomic mass is 9.86. The van der Waals surface area contributed by atoms with Crippen LogP contribution in [-0.4, -0.2) is 9.66 Å². The molecule has 0 radical (unpaired) electrons. The summed E-state index contributed by atoms with van der Waals surface area (Å²) in [6.45, 7) is 6.39. The predicted octanol–water partition coefficient (Wildman–Crippen LogP) is 3.21. The third-order valence-electron chi connectivity index (χ3n) is 3.87. The average molecular weight is 311 g/mol. The Morgan fingerprint density at radius 2 is 1.74 bits per heavy atom. The molecule has 1 aromatic heterocycles. The zero-order valence-electron chi connectivity index (χ0n) is 13.3. The zero-order chi connectivity index (χ0) is 16.8. The molecule has 1 heterocycles. The molecule has 118 valence electrons. The lowest BCUT2D eigenvalue weighted by molar-refractivity contribution is 0.590. The van der Waals surface area contributed by atoms with Crippen molar-refractivity contribution >= 4 is 10.9 Å². The quantitative estimate of drug-likeness (QED) is 0.702. The Morgan fingerprint density at radius 3 is 2.35 bits per heavy atom. The van der Waals surface area contributed by atoms with Crippen LogP contribution < -0.4 is 11.4 Å². The summed E-state index contributed by atoms with van der Waals surface area (Å²) in [5.74, 6) is 5.74. The van der Waals surface area contributed by atoms with E-state index >= 15 is 0 Å². The van der Waals surface area contributed by atoms with Gasteiger partial charge in [0, 0.05) is 5.56 Å². The number of benzene rings is 2. The van der Waals surface area contributed by atoms with Crippen LogP contribution >= 0.6 is 0 Å². The fraction of sp³-hybridized carbons (Fsp3) is 0.222. The van der Waals surface area contributed by atoms with Crippen molar-refractivity contribution in [3.8, 4) is 11.4 Å². The van der Waals surface area contributed by atoms with Crippen LogP contribution in [0.15, 0.2) is 47.3 Å². The number of hydrogen-bond donors (Lipinski definition) is 1. The third-order valence-corrected chi connectivity index (χ3v) is 3.87. The molecule has 0 spiro atoms. The SMILES string of the molecule is CC(C)(C)c1ccc(-c2nc3ccc(F)cc3c(=O)n2N)cc1. The van der Waals surface area contributed by atoms with Gasteiger partial charge in [-0.3, -0.25) is 4.79 Å². The molecule has 0 aliphatic carbocycles. The van der Waals surface area contributed by atoms with Gasteiger partial charge in [-0.25, -0.2) is 14.1 Å². The molecular formula is C18H18FN3O. The largest absolute Gasteiger partial charge is 0.334 e. The summed E-state index contributed by atoms with van der Waals surface area (Å²) in [6.07, 6.45) is 0. The van der Waals surface area contributed by atoms with Gasteiger partial charge in [-0.1, -0.05) is 45.0 Å². The molecule has 2 aromatic carbocycles. The molecular weight excluding hydrogens is 293 g/mol. The summed E-state index contributed by atoms with van der Waals surface area (Å²) in [5, 5.41) is 0.169. The van der Waals surface area contributed by atoms with Gasteiger partial charge in [0.1, 0.15) is 5.82 Å². The molecule has 0 saturated heterocycles. The molecule has 4 nitrogen and oxygen atoms in total. The number of rotatable bonds is 1. The standard InChI is InChI=1S/C18H18FN3O/c1-18(2,3)12-6-4-11(5-7-12)16-21-15-9-8-13(19)10-14(15)17(23)22(16)20/h4-10H,20H2,1-3H3. The Kier molecular flexibility index (Phi) is 3.43. The van der Waals surface area contributed by atoms with Crippen LogP contribution in [0.5, 0.6) is 0 Å². The van der Waals surface area contributed by atoms with Crippen LogP contribution in [0.1, 0.15) is 26.3 Å². The van der Waals surface area contributed by atoms with Crippen LogP contribution in [0.4, 0.5) is 4.39 Å². The number of hydrogen-bond acceptors (Lipinski definition) is 3. The Bertz CT molecular complexity index is 937. The van der Waals surface area contributed by atoms with E-state index in [1.54, 1.807) is 0 Å². The molecule has 5 heteroatoms. The zero-order valence-corrected chi connectivity index (χ0v) is 13.3. The molecule has 0 unspecified atom stereocenters. The van der Waals surface area contributed by atoms with E-state index in [2.05, 4.69) is 25.8 Å². The lowest BCUT2D eigenvalue weighted by Gasteiger charge is -2.19. The van der Waals surface area contributed by atoms with Crippen molar-refractivity contribution in [3.63, 3.8) is 0 Å². The van der Waals surface area contributed by atoms with Crippen molar-refractivity contribution in [2.24, 2.45) is 0 Å².